The monoisotopic (exact) mass is 1010 g/mol. The lowest BCUT2D eigenvalue weighted by Gasteiger charge is -2.45. The molecule has 0 bridgehead atoms. The normalized spacial score (nSPS) is 18.1. The minimum absolute atomic E-state index is 0.00135. The van der Waals surface area contributed by atoms with E-state index in [1.807, 2.05) is 0 Å². The molecule has 0 spiro atoms. The molecule has 4 aliphatic rings. The first kappa shape index (κ1) is 50.1. The Bertz CT molecular complexity index is 3950. The Labute approximate surface area is 459 Å². The van der Waals surface area contributed by atoms with Crippen LogP contribution in [0, 0.1) is 0 Å². The van der Waals surface area contributed by atoms with E-state index in [-0.39, 0.29) is 44.6 Å². The fourth-order valence-corrected chi connectivity index (χ4v) is 14.2. The molecule has 0 saturated carbocycles. The summed E-state index contributed by atoms with van der Waals surface area (Å²) in [4.78, 5) is 5.22. The highest BCUT2D eigenvalue weighted by atomic mass is 16.3. The van der Waals surface area contributed by atoms with Crippen LogP contribution >= 0.6 is 0 Å². The van der Waals surface area contributed by atoms with E-state index in [9.17, 15) is 0 Å². The van der Waals surface area contributed by atoms with Gasteiger partial charge in [-0.2, -0.15) is 0 Å². The molecule has 0 amide bonds. The van der Waals surface area contributed by atoms with Gasteiger partial charge < -0.3 is 18.6 Å². The molecule has 2 aliphatic carbocycles. The van der Waals surface area contributed by atoms with Gasteiger partial charge in [0.2, 0.25) is 0 Å². The standard InChI is InChI=1S/C72H79BN2O2/c1-66(2,3)43-24-27-45(28-25-43)74-56-31-26-44(67(4,5)6)38-55(56)73-62-57(74)36-42(47-20-19-23-59-61(47)48-21-18-22-51(64(48)76-59)68(7,8)9)37-58(62)75(46-29-30-50-52(39-46)70(12,13)33-32-69(50,10)11)63-49-40-53-54(41-60(49)77-65(63)73)72(16,17)35-34-71(53,14)15/h18-31,36-41H,32-35H2,1-17H3. The van der Waals surface area contributed by atoms with E-state index in [0.717, 1.165) is 81.4 Å². The average molecular weight is 1020 g/mol. The van der Waals surface area contributed by atoms with E-state index in [4.69, 9.17) is 8.83 Å². The van der Waals surface area contributed by atoms with Gasteiger partial charge in [0.1, 0.15) is 16.7 Å². The Hall–Kier alpha value is -6.46. The van der Waals surface area contributed by atoms with Crippen molar-refractivity contribution in [1.82, 2.24) is 0 Å². The summed E-state index contributed by atoms with van der Waals surface area (Å²) in [5.74, 6) is 0. The lowest BCUT2D eigenvalue weighted by Crippen LogP contribution is -2.61. The maximum absolute atomic E-state index is 7.76. The Kier molecular flexibility index (Phi) is 10.5. The summed E-state index contributed by atoms with van der Waals surface area (Å²) in [7, 11) is 0. The molecule has 0 unspecified atom stereocenters. The predicted octanol–water partition coefficient (Wildman–Crippen LogP) is 18.7. The Balaban J connectivity index is 1.20. The second kappa shape index (κ2) is 16.1. The van der Waals surface area contributed by atoms with Crippen LogP contribution in [0.4, 0.5) is 34.1 Å². The van der Waals surface area contributed by atoms with Crippen LogP contribution in [0.25, 0.3) is 44.0 Å². The SMILES string of the molecule is CC(C)(C)c1ccc(N2c3ccc(C(C)(C)C)cc3B3c4oc5cc6c(cc5c4N(c4ccc5c(c4)C(C)(C)CCC5(C)C)c4cc(-c5cccc7oc8c(C(C)(C)C)cccc8c57)cc2c43)C(C)(C)CCC6(C)C)cc1. The summed E-state index contributed by atoms with van der Waals surface area (Å²) < 4.78 is 14.7. The highest BCUT2D eigenvalue weighted by Gasteiger charge is 2.49. The van der Waals surface area contributed by atoms with Gasteiger partial charge in [0.25, 0.3) is 6.71 Å². The van der Waals surface area contributed by atoms with Crippen LogP contribution < -0.4 is 26.4 Å². The summed E-state index contributed by atoms with van der Waals surface area (Å²) in [6.45, 7) is 40.2. The molecule has 2 aromatic heterocycles. The summed E-state index contributed by atoms with van der Waals surface area (Å²) in [5.41, 5.74) is 25.2. The van der Waals surface area contributed by atoms with Crippen LogP contribution in [0.2, 0.25) is 0 Å². The number of benzene rings is 7. The molecule has 0 radical (unpaired) electrons. The third-order valence-electron chi connectivity index (χ3n) is 19.2. The van der Waals surface area contributed by atoms with E-state index in [1.54, 1.807) is 0 Å². The van der Waals surface area contributed by atoms with E-state index in [2.05, 4.69) is 249 Å². The zero-order valence-corrected chi connectivity index (χ0v) is 49.2. The summed E-state index contributed by atoms with van der Waals surface area (Å²) in [5, 5.41) is 3.48. The quantitative estimate of drug-likeness (QED) is 0.165. The van der Waals surface area contributed by atoms with Crippen molar-refractivity contribution >= 4 is 90.3 Å². The maximum atomic E-state index is 7.76. The van der Waals surface area contributed by atoms with Crippen LogP contribution in [-0.4, -0.2) is 6.71 Å². The van der Waals surface area contributed by atoms with Crippen LogP contribution in [0.3, 0.4) is 0 Å². The van der Waals surface area contributed by atoms with Crippen molar-refractivity contribution < 1.29 is 8.83 Å². The Morgan fingerprint density at radius 2 is 1.03 bits per heavy atom. The summed E-state index contributed by atoms with van der Waals surface area (Å²) in [6.07, 6.45) is 4.57. The van der Waals surface area contributed by atoms with Crippen molar-refractivity contribution in [3.8, 4) is 11.1 Å². The predicted molar refractivity (Wildman–Crippen MR) is 330 cm³/mol. The molecule has 9 aromatic rings. The minimum atomic E-state index is -0.193. The summed E-state index contributed by atoms with van der Waals surface area (Å²) >= 11 is 0. The molecule has 77 heavy (non-hydrogen) atoms. The molecule has 4 heterocycles. The topological polar surface area (TPSA) is 32.8 Å². The Morgan fingerprint density at radius 1 is 0.455 bits per heavy atom. The molecule has 4 nitrogen and oxygen atoms in total. The van der Waals surface area contributed by atoms with Crippen molar-refractivity contribution in [3.63, 3.8) is 0 Å². The van der Waals surface area contributed by atoms with Crippen molar-refractivity contribution in [1.29, 1.82) is 0 Å². The molecule has 0 N–H and O–H groups in total. The largest absolute Gasteiger partial charge is 0.468 e. The van der Waals surface area contributed by atoms with Gasteiger partial charge >= 0.3 is 0 Å². The molecule has 13 rings (SSSR count). The van der Waals surface area contributed by atoms with Crippen molar-refractivity contribution in [2.45, 2.75) is 181 Å². The molecule has 2 aliphatic heterocycles. The number of hydrogen-bond donors (Lipinski definition) is 0. The third kappa shape index (κ3) is 7.51. The maximum Gasteiger partial charge on any atom is 0.297 e. The first-order chi connectivity index (χ1) is 36.0. The lowest BCUT2D eigenvalue weighted by atomic mass is 9.35. The van der Waals surface area contributed by atoms with Gasteiger partial charge in [-0.25, -0.2) is 0 Å². The van der Waals surface area contributed by atoms with Crippen LogP contribution in [0.15, 0.2) is 130 Å². The number of para-hydroxylation sites is 1. The molecular formula is C72H79BN2O2. The lowest BCUT2D eigenvalue weighted by molar-refractivity contribution is 0.332. The van der Waals surface area contributed by atoms with Gasteiger partial charge in [-0.15, -0.1) is 0 Å². The second-order valence-corrected chi connectivity index (χ2v) is 29.5. The van der Waals surface area contributed by atoms with Gasteiger partial charge in [0, 0.05) is 50.2 Å². The highest BCUT2D eigenvalue weighted by Crippen LogP contribution is 2.55. The second-order valence-electron chi connectivity index (χ2n) is 29.5. The fraction of sp³-hybridized carbons (Fsp3) is 0.389. The zero-order chi connectivity index (χ0) is 54.5. The van der Waals surface area contributed by atoms with Gasteiger partial charge in [-0.3, -0.25) is 0 Å². The van der Waals surface area contributed by atoms with Crippen molar-refractivity contribution in [3.05, 3.63) is 160 Å². The van der Waals surface area contributed by atoms with Crippen LogP contribution in [0.1, 0.15) is 182 Å². The molecule has 392 valence electrons. The van der Waals surface area contributed by atoms with Crippen LogP contribution in [-0.2, 0) is 37.9 Å². The molecule has 0 atom stereocenters. The minimum Gasteiger partial charge on any atom is -0.468 e. The third-order valence-corrected chi connectivity index (χ3v) is 19.2. The van der Waals surface area contributed by atoms with Gasteiger partial charge in [-0.1, -0.05) is 178 Å². The van der Waals surface area contributed by atoms with Crippen molar-refractivity contribution in [2.24, 2.45) is 0 Å². The number of nitrogens with zero attached hydrogens (tertiary/aromatic N) is 2. The average Bonchev–Trinajstić information content (AvgIpc) is 4.14. The number of rotatable bonds is 3. The molecule has 0 fully saturated rings. The van der Waals surface area contributed by atoms with Gasteiger partial charge in [0.15, 0.2) is 0 Å². The number of furan rings is 2. The molecular weight excluding hydrogens is 936 g/mol. The zero-order valence-electron chi connectivity index (χ0n) is 49.2. The van der Waals surface area contributed by atoms with Gasteiger partial charge in [0.05, 0.1) is 11.3 Å². The number of fused-ring (bicyclic) bond motifs is 11. The van der Waals surface area contributed by atoms with Crippen LogP contribution in [0.5, 0.6) is 0 Å². The molecule has 5 heteroatoms. The van der Waals surface area contributed by atoms with Gasteiger partial charge in [-0.05, 0) is 180 Å². The molecule has 7 aromatic carbocycles. The summed E-state index contributed by atoms with van der Waals surface area (Å²) in [6, 6.07) is 47.6. The first-order valence-corrected chi connectivity index (χ1v) is 28.8. The highest BCUT2D eigenvalue weighted by molar-refractivity contribution is 7.00. The van der Waals surface area contributed by atoms with E-state index >= 15 is 0 Å². The number of hydrogen-bond acceptors (Lipinski definition) is 4. The smallest absolute Gasteiger partial charge is 0.297 e. The van der Waals surface area contributed by atoms with E-state index in [0.29, 0.717) is 0 Å². The fourth-order valence-electron chi connectivity index (χ4n) is 14.2. The molecule has 0 saturated heterocycles. The Morgan fingerprint density at radius 3 is 1.66 bits per heavy atom. The van der Waals surface area contributed by atoms with E-state index < -0.39 is 0 Å². The first-order valence-electron chi connectivity index (χ1n) is 28.8. The van der Waals surface area contributed by atoms with Crippen molar-refractivity contribution in [2.75, 3.05) is 9.80 Å². The number of anilines is 6. The van der Waals surface area contributed by atoms with E-state index in [1.165, 1.54) is 78.0 Å².